The van der Waals surface area contributed by atoms with Crippen LogP contribution in [0.5, 0.6) is 0 Å². The first-order chi connectivity index (χ1) is 16.2. The van der Waals surface area contributed by atoms with Crippen LogP contribution in [0, 0.1) is 6.92 Å². The Morgan fingerprint density at radius 1 is 1.06 bits per heavy atom. The smallest absolute Gasteiger partial charge is 0.418 e. The Balaban J connectivity index is 1.30. The number of nitrogens with zero attached hydrogens (tertiary/aromatic N) is 4. The highest BCUT2D eigenvalue weighted by Crippen LogP contribution is 2.34. The number of aromatic nitrogens is 2. The summed E-state index contributed by atoms with van der Waals surface area (Å²) in [5.41, 5.74) is 0.923. The first kappa shape index (κ1) is 23.9. The minimum atomic E-state index is -4.53. The molecule has 1 N–H and O–H groups in total. The molecule has 1 aliphatic rings. The second-order valence-corrected chi connectivity index (χ2v) is 8.39. The standard InChI is InChI=1S/C24H26F3N5O2/c1-16-7-9-18(10-8-16)23-30-29-22(34-23)17(2)32-13-11-31(12-14-32)15-21(33)28-20-6-4-3-5-19(20)24(25,26)27/h3-10,17H,11-15H2,1-2H3,(H,28,33). The van der Waals surface area contributed by atoms with Gasteiger partial charge in [0.25, 0.3) is 0 Å². The molecule has 1 unspecified atom stereocenters. The molecule has 1 fully saturated rings. The van der Waals surface area contributed by atoms with Crippen LogP contribution in [-0.4, -0.2) is 58.6 Å². The number of hydrogen-bond donors (Lipinski definition) is 1. The van der Waals surface area contributed by atoms with Gasteiger partial charge in [0.15, 0.2) is 0 Å². The number of nitrogens with one attached hydrogen (secondary N) is 1. The van der Waals surface area contributed by atoms with Gasteiger partial charge in [0, 0.05) is 31.7 Å². The van der Waals surface area contributed by atoms with Crippen molar-refractivity contribution in [2.45, 2.75) is 26.1 Å². The number of benzene rings is 2. The fourth-order valence-corrected chi connectivity index (χ4v) is 3.91. The van der Waals surface area contributed by atoms with Gasteiger partial charge in [-0.2, -0.15) is 13.2 Å². The molecule has 34 heavy (non-hydrogen) atoms. The largest absolute Gasteiger partial charge is 0.419 e. The number of amides is 1. The van der Waals surface area contributed by atoms with Gasteiger partial charge in [0.1, 0.15) is 0 Å². The minimum Gasteiger partial charge on any atom is -0.419 e. The summed E-state index contributed by atoms with van der Waals surface area (Å²) in [5, 5.41) is 10.8. The van der Waals surface area contributed by atoms with Gasteiger partial charge in [-0.1, -0.05) is 29.8 Å². The van der Waals surface area contributed by atoms with Crippen molar-refractivity contribution in [3.05, 3.63) is 65.5 Å². The van der Waals surface area contributed by atoms with E-state index >= 15 is 0 Å². The van der Waals surface area contributed by atoms with Crippen molar-refractivity contribution in [2.75, 3.05) is 38.0 Å². The molecule has 1 aromatic heterocycles. The summed E-state index contributed by atoms with van der Waals surface area (Å²) in [6.07, 6.45) is -4.53. The highest BCUT2D eigenvalue weighted by atomic mass is 19.4. The number of anilines is 1. The maximum Gasteiger partial charge on any atom is 0.418 e. The Labute approximate surface area is 195 Å². The molecule has 1 saturated heterocycles. The zero-order valence-corrected chi connectivity index (χ0v) is 19.0. The van der Waals surface area contributed by atoms with Crippen LogP contribution in [-0.2, 0) is 11.0 Å². The number of rotatable bonds is 6. The van der Waals surface area contributed by atoms with Gasteiger partial charge in [-0.25, -0.2) is 0 Å². The summed E-state index contributed by atoms with van der Waals surface area (Å²) in [6, 6.07) is 12.7. The number of carbonyl (C=O) groups excluding carboxylic acids is 1. The molecule has 0 radical (unpaired) electrons. The number of alkyl halides is 3. The van der Waals surface area contributed by atoms with Crippen LogP contribution in [0.2, 0.25) is 0 Å². The fraction of sp³-hybridized carbons (Fsp3) is 0.375. The van der Waals surface area contributed by atoms with E-state index in [-0.39, 0.29) is 18.3 Å². The Morgan fingerprint density at radius 2 is 1.74 bits per heavy atom. The first-order valence-corrected chi connectivity index (χ1v) is 11.0. The van der Waals surface area contributed by atoms with E-state index in [0.29, 0.717) is 38.0 Å². The van der Waals surface area contributed by atoms with Crippen LogP contribution >= 0.6 is 0 Å². The normalized spacial score (nSPS) is 16.4. The molecule has 0 spiro atoms. The van der Waals surface area contributed by atoms with Crippen molar-refractivity contribution in [2.24, 2.45) is 0 Å². The quantitative estimate of drug-likeness (QED) is 0.573. The molecule has 0 saturated carbocycles. The second-order valence-electron chi connectivity index (χ2n) is 8.39. The molecule has 2 heterocycles. The Kier molecular flexibility index (Phi) is 6.99. The van der Waals surface area contributed by atoms with Crippen molar-refractivity contribution in [3.63, 3.8) is 0 Å². The summed E-state index contributed by atoms with van der Waals surface area (Å²) in [5.74, 6) is 0.514. The van der Waals surface area contributed by atoms with Crippen molar-refractivity contribution < 1.29 is 22.4 Å². The van der Waals surface area contributed by atoms with Gasteiger partial charge >= 0.3 is 6.18 Å². The lowest BCUT2D eigenvalue weighted by atomic mass is 10.1. The van der Waals surface area contributed by atoms with Gasteiger partial charge in [-0.05, 0) is 38.1 Å². The third-order valence-corrected chi connectivity index (χ3v) is 5.92. The van der Waals surface area contributed by atoms with Gasteiger partial charge in [-0.15, -0.1) is 10.2 Å². The first-order valence-electron chi connectivity index (χ1n) is 11.0. The van der Waals surface area contributed by atoms with Crippen molar-refractivity contribution in [1.29, 1.82) is 0 Å². The number of para-hydroxylation sites is 1. The van der Waals surface area contributed by atoms with E-state index in [1.807, 2.05) is 43.0 Å². The zero-order valence-electron chi connectivity index (χ0n) is 19.0. The van der Waals surface area contributed by atoms with Crippen LogP contribution in [0.4, 0.5) is 18.9 Å². The van der Waals surface area contributed by atoms with Crippen LogP contribution in [0.3, 0.4) is 0 Å². The lowest BCUT2D eigenvalue weighted by molar-refractivity contribution is -0.137. The number of carbonyl (C=O) groups is 1. The van der Waals surface area contributed by atoms with E-state index in [4.69, 9.17) is 4.42 Å². The number of aryl methyl sites for hydroxylation is 1. The lowest BCUT2D eigenvalue weighted by Crippen LogP contribution is -2.49. The summed E-state index contributed by atoms with van der Waals surface area (Å²) < 4.78 is 45.3. The fourth-order valence-electron chi connectivity index (χ4n) is 3.91. The average molecular weight is 473 g/mol. The highest BCUT2D eigenvalue weighted by Gasteiger charge is 2.34. The molecular weight excluding hydrogens is 447 g/mol. The molecule has 0 aliphatic carbocycles. The number of piperazine rings is 1. The molecule has 1 amide bonds. The van der Waals surface area contributed by atoms with E-state index in [9.17, 15) is 18.0 Å². The molecule has 3 aromatic rings. The van der Waals surface area contributed by atoms with Crippen molar-refractivity contribution >= 4 is 11.6 Å². The molecule has 0 bridgehead atoms. The Hall–Kier alpha value is -3.24. The third kappa shape index (κ3) is 5.63. The van der Waals surface area contributed by atoms with Gasteiger partial charge in [-0.3, -0.25) is 14.6 Å². The van der Waals surface area contributed by atoms with E-state index in [1.54, 1.807) is 0 Å². The van der Waals surface area contributed by atoms with E-state index in [1.165, 1.54) is 18.2 Å². The summed E-state index contributed by atoms with van der Waals surface area (Å²) >= 11 is 0. The lowest BCUT2D eigenvalue weighted by Gasteiger charge is -2.36. The van der Waals surface area contributed by atoms with Crippen LogP contribution in [0.25, 0.3) is 11.5 Å². The minimum absolute atomic E-state index is 0.0204. The Morgan fingerprint density at radius 3 is 2.41 bits per heavy atom. The molecule has 10 heteroatoms. The molecule has 7 nitrogen and oxygen atoms in total. The average Bonchev–Trinajstić information content (AvgIpc) is 3.29. The van der Waals surface area contributed by atoms with E-state index in [0.717, 1.165) is 17.2 Å². The van der Waals surface area contributed by atoms with Gasteiger partial charge < -0.3 is 9.73 Å². The topological polar surface area (TPSA) is 74.5 Å². The zero-order chi connectivity index (χ0) is 24.3. The van der Waals surface area contributed by atoms with E-state index in [2.05, 4.69) is 20.4 Å². The van der Waals surface area contributed by atoms with Crippen molar-refractivity contribution in [3.8, 4) is 11.5 Å². The van der Waals surface area contributed by atoms with Gasteiger partial charge in [0.2, 0.25) is 17.7 Å². The molecule has 180 valence electrons. The van der Waals surface area contributed by atoms with E-state index < -0.39 is 17.6 Å². The van der Waals surface area contributed by atoms with Gasteiger partial charge in [0.05, 0.1) is 23.8 Å². The maximum atomic E-state index is 13.1. The number of hydrogen-bond acceptors (Lipinski definition) is 6. The predicted octanol–water partition coefficient (Wildman–Crippen LogP) is 4.38. The maximum absolute atomic E-state index is 13.1. The molecular formula is C24H26F3N5O2. The molecule has 4 rings (SSSR count). The summed E-state index contributed by atoms with van der Waals surface area (Å²) in [6.45, 7) is 6.53. The monoisotopic (exact) mass is 473 g/mol. The third-order valence-electron chi connectivity index (χ3n) is 5.92. The number of halogens is 3. The molecule has 2 aromatic carbocycles. The molecule has 1 aliphatic heterocycles. The highest BCUT2D eigenvalue weighted by molar-refractivity contribution is 5.93. The SMILES string of the molecule is Cc1ccc(-c2nnc(C(C)N3CCN(CC(=O)Nc4ccccc4C(F)(F)F)CC3)o2)cc1. The Bertz CT molecular complexity index is 1120. The summed E-state index contributed by atoms with van der Waals surface area (Å²) in [7, 11) is 0. The second kappa shape index (κ2) is 9.94. The van der Waals surface area contributed by atoms with Crippen LogP contribution < -0.4 is 5.32 Å². The predicted molar refractivity (Wildman–Crippen MR) is 121 cm³/mol. The van der Waals surface area contributed by atoms with Crippen molar-refractivity contribution in [1.82, 2.24) is 20.0 Å². The molecule has 1 atom stereocenters. The van der Waals surface area contributed by atoms with Crippen LogP contribution in [0.1, 0.15) is 30.0 Å². The summed E-state index contributed by atoms with van der Waals surface area (Å²) in [4.78, 5) is 16.5. The van der Waals surface area contributed by atoms with Crippen LogP contribution in [0.15, 0.2) is 52.9 Å².